The van der Waals surface area contributed by atoms with Gasteiger partial charge in [-0.1, -0.05) is 0 Å². The Balaban J connectivity index is 1.92. The first-order valence-corrected chi connectivity index (χ1v) is 7.99. The fourth-order valence-corrected chi connectivity index (χ4v) is 5.04. The molecule has 0 saturated carbocycles. The molecule has 2 aliphatic rings. The highest BCUT2D eigenvalue weighted by Crippen LogP contribution is 2.37. The lowest BCUT2D eigenvalue weighted by atomic mass is 10.0. The van der Waals surface area contributed by atoms with E-state index in [0.717, 1.165) is 5.69 Å². The number of benzene rings is 1. The summed E-state index contributed by atoms with van der Waals surface area (Å²) in [5.74, 6) is 0.881. The third-order valence-electron chi connectivity index (χ3n) is 3.82. The van der Waals surface area contributed by atoms with Crippen molar-refractivity contribution in [3.8, 4) is 5.75 Å². The number of rotatable bonds is 2. The number of methoxy groups -OCH3 is 1. The molecule has 1 amide bonds. The number of carbonyl (C=O) groups excluding carboxylic acids is 1. The van der Waals surface area contributed by atoms with Gasteiger partial charge in [-0.3, -0.25) is 4.79 Å². The smallest absolute Gasteiger partial charge is 0.227 e. The van der Waals surface area contributed by atoms with E-state index in [1.807, 2.05) is 0 Å². The van der Waals surface area contributed by atoms with Gasteiger partial charge in [0.2, 0.25) is 5.91 Å². The quantitative estimate of drug-likeness (QED) is 0.806. The van der Waals surface area contributed by atoms with Crippen LogP contribution in [0.3, 0.4) is 0 Å². The maximum atomic E-state index is 12.1. The Kier molecular flexibility index (Phi) is 2.78. The summed E-state index contributed by atoms with van der Waals surface area (Å²) in [6.07, 6.45) is 0.329. The zero-order valence-corrected chi connectivity index (χ0v) is 11.4. The Morgan fingerprint density at radius 1 is 1.21 bits per heavy atom. The third kappa shape index (κ3) is 2.10. The van der Waals surface area contributed by atoms with Crippen LogP contribution in [0.25, 0.3) is 0 Å². The number of amides is 1. The largest absolute Gasteiger partial charge is 0.497 e. The van der Waals surface area contributed by atoms with Gasteiger partial charge in [0.15, 0.2) is 9.84 Å². The molecule has 5 nitrogen and oxygen atoms in total. The van der Waals surface area contributed by atoms with E-state index in [2.05, 4.69) is 0 Å². The maximum Gasteiger partial charge on any atom is 0.227 e. The first-order valence-electron chi connectivity index (χ1n) is 6.17. The summed E-state index contributed by atoms with van der Waals surface area (Å²) >= 11 is 0. The number of anilines is 1. The summed E-state index contributed by atoms with van der Waals surface area (Å²) in [4.78, 5) is 13.7. The van der Waals surface area contributed by atoms with Crippen molar-refractivity contribution in [2.24, 2.45) is 5.92 Å². The predicted molar refractivity (Wildman–Crippen MR) is 71.0 cm³/mol. The van der Waals surface area contributed by atoms with Crippen LogP contribution in [0.15, 0.2) is 24.3 Å². The van der Waals surface area contributed by atoms with Gasteiger partial charge in [-0.15, -0.1) is 0 Å². The van der Waals surface area contributed by atoms with Gasteiger partial charge in [-0.2, -0.15) is 0 Å². The molecule has 2 saturated heterocycles. The second kappa shape index (κ2) is 4.23. The van der Waals surface area contributed by atoms with Crippen LogP contribution in [0.5, 0.6) is 5.75 Å². The lowest BCUT2D eigenvalue weighted by Gasteiger charge is -2.23. The number of ether oxygens (including phenoxy) is 1. The van der Waals surface area contributed by atoms with Crippen molar-refractivity contribution in [3.05, 3.63) is 24.3 Å². The summed E-state index contributed by atoms with van der Waals surface area (Å²) in [6.45, 7) is 0. The molecule has 0 bridgehead atoms. The molecule has 6 heteroatoms. The Labute approximate surface area is 112 Å². The van der Waals surface area contributed by atoms with Crippen molar-refractivity contribution < 1.29 is 17.9 Å². The molecule has 2 aliphatic heterocycles. The van der Waals surface area contributed by atoms with Crippen LogP contribution in [0.4, 0.5) is 5.69 Å². The number of sulfone groups is 1. The van der Waals surface area contributed by atoms with Crippen LogP contribution >= 0.6 is 0 Å². The summed E-state index contributed by atoms with van der Waals surface area (Å²) in [5, 5.41) is 0. The van der Waals surface area contributed by atoms with E-state index in [-0.39, 0.29) is 29.4 Å². The number of hydrogen-bond donors (Lipinski definition) is 0. The minimum atomic E-state index is -3.00. The molecular formula is C13H15NO4S. The zero-order valence-electron chi connectivity index (χ0n) is 10.6. The highest BCUT2D eigenvalue weighted by Gasteiger charge is 2.49. The van der Waals surface area contributed by atoms with E-state index in [4.69, 9.17) is 4.74 Å². The van der Waals surface area contributed by atoms with Gasteiger partial charge >= 0.3 is 0 Å². The van der Waals surface area contributed by atoms with Gasteiger partial charge in [0.25, 0.3) is 0 Å². The SMILES string of the molecule is COc1ccc(N2C(=O)C[C@H]3CS(=O)(=O)C[C@@H]32)cc1. The number of fused-ring (bicyclic) bond motifs is 1. The summed E-state index contributed by atoms with van der Waals surface area (Å²) < 4.78 is 28.4. The van der Waals surface area contributed by atoms with E-state index in [0.29, 0.717) is 12.2 Å². The molecule has 0 unspecified atom stereocenters. The average molecular weight is 281 g/mol. The van der Waals surface area contributed by atoms with Crippen LogP contribution in [-0.4, -0.2) is 39.0 Å². The predicted octanol–water partition coefficient (Wildman–Crippen LogP) is 0.845. The molecule has 0 aromatic heterocycles. The fourth-order valence-electron chi connectivity index (χ4n) is 2.97. The summed E-state index contributed by atoms with van der Waals surface area (Å²) in [5.41, 5.74) is 0.746. The maximum absolute atomic E-state index is 12.1. The van der Waals surface area contributed by atoms with Gasteiger partial charge < -0.3 is 9.64 Å². The summed E-state index contributed by atoms with van der Waals surface area (Å²) in [7, 11) is -1.42. The van der Waals surface area contributed by atoms with Crippen LogP contribution in [0.2, 0.25) is 0 Å². The molecule has 1 aromatic carbocycles. The lowest BCUT2D eigenvalue weighted by Crippen LogP contribution is -2.36. The van der Waals surface area contributed by atoms with E-state index in [9.17, 15) is 13.2 Å². The van der Waals surface area contributed by atoms with Crippen LogP contribution in [0.1, 0.15) is 6.42 Å². The molecule has 0 spiro atoms. The van der Waals surface area contributed by atoms with Crippen molar-refractivity contribution in [2.45, 2.75) is 12.5 Å². The second-order valence-electron chi connectivity index (χ2n) is 5.07. The first-order chi connectivity index (χ1) is 9.00. The van der Waals surface area contributed by atoms with Crippen molar-refractivity contribution in [2.75, 3.05) is 23.5 Å². The van der Waals surface area contributed by atoms with Crippen LogP contribution in [-0.2, 0) is 14.6 Å². The molecule has 2 heterocycles. The van der Waals surface area contributed by atoms with Crippen molar-refractivity contribution >= 4 is 21.4 Å². The van der Waals surface area contributed by atoms with Gasteiger partial charge in [0.05, 0.1) is 24.7 Å². The van der Waals surface area contributed by atoms with E-state index >= 15 is 0 Å². The number of carbonyl (C=O) groups is 1. The standard InChI is InChI=1S/C13H15NO4S/c1-18-11-4-2-10(3-5-11)14-12-8-19(16,17)7-9(12)6-13(14)15/h2-5,9,12H,6-8H2,1H3/t9-,12-/m0/s1. The molecular weight excluding hydrogens is 266 g/mol. The first kappa shape index (κ1) is 12.5. The molecule has 2 atom stereocenters. The Bertz CT molecular complexity index is 608. The molecule has 0 radical (unpaired) electrons. The Hall–Kier alpha value is -1.56. The fraction of sp³-hybridized carbons (Fsp3) is 0.462. The molecule has 3 rings (SSSR count). The van der Waals surface area contributed by atoms with Crippen molar-refractivity contribution in [1.29, 1.82) is 0 Å². The highest BCUT2D eigenvalue weighted by atomic mass is 32.2. The van der Waals surface area contributed by atoms with Crippen molar-refractivity contribution in [3.63, 3.8) is 0 Å². The van der Waals surface area contributed by atoms with Gasteiger partial charge in [-0.05, 0) is 24.3 Å². The number of nitrogens with zero attached hydrogens (tertiary/aromatic N) is 1. The molecule has 19 heavy (non-hydrogen) atoms. The van der Waals surface area contributed by atoms with E-state index in [1.54, 1.807) is 36.3 Å². The van der Waals surface area contributed by atoms with Gasteiger partial charge in [-0.25, -0.2) is 8.42 Å². The third-order valence-corrected chi connectivity index (χ3v) is 5.61. The molecule has 0 N–H and O–H groups in total. The van der Waals surface area contributed by atoms with Crippen LogP contribution in [0, 0.1) is 5.92 Å². The normalized spacial score (nSPS) is 28.5. The minimum Gasteiger partial charge on any atom is -0.497 e. The topological polar surface area (TPSA) is 63.7 Å². The van der Waals surface area contributed by atoms with E-state index < -0.39 is 9.84 Å². The lowest BCUT2D eigenvalue weighted by molar-refractivity contribution is -0.117. The molecule has 2 fully saturated rings. The van der Waals surface area contributed by atoms with Crippen molar-refractivity contribution in [1.82, 2.24) is 0 Å². The Morgan fingerprint density at radius 2 is 1.89 bits per heavy atom. The van der Waals surface area contributed by atoms with Gasteiger partial charge in [0, 0.05) is 18.0 Å². The molecule has 0 aliphatic carbocycles. The van der Waals surface area contributed by atoms with E-state index in [1.165, 1.54) is 0 Å². The second-order valence-corrected chi connectivity index (χ2v) is 7.22. The monoisotopic (exact) mass is 281 g/mol. The van der Waals surface area contributed by atoms with Gasteiger partial charge in [0.1, 0.15) is 5.75 Å². The highest BCUT2D eigenvalue weighted by molar-refractivity contribution is 7.91. The van der Waals surface area contributed by atoms with Crippen LogP contribution < -0.4 is 9.64 Å². The summed E-state index contributed by atoms with van der Waals surface area (Å²) in [6, 6.07) is 6.94. The average Bonchev–Trinajstić information content (AvgIpc) is 2.79. The number of hydrogen-bond acceptors (Lipinski definition) is 4. The Morgan fingerprint density at radius 3 is 2.53 bits per heavy atom. The molecule has 102 valence electrons. The zero-order chi connectivity index (χ0) is 13.6. The minimum absolute atomic E-state index is 0.00932. The molecule has 1 aromatic rings.